The number of ether oxygens (including phenoxy) is 1. The molecule has 0 aliphatic carbocycles. The van der Waals surface area contributed by atoms with E-state index in [1.54, 1.807) is 6.07 Å². The molecule has 0 spiro atoms. The van der Waals surface area contributed by atoms with Gasteiger partial charge >= 0.3 is 0 Å². The van der Waals surface area contributed by atoms with Crippen LogP contribution in [0.1, 0.15) is 31.4 Å². The van der Waals surface area contributed by atoms with Gasteiger partial charge in [0, 0.05) is 17.5 Å². The SMILES string of the molecule is CC(=O)NC1CCCOc2ccc(Cl)cc21. The second-order valence-electron chi connectivity index (χ2n) is 3.93. The summed E-state index contributed by atoms with van der Waals surface area (Å²) in [5.74, 6) is 0.790. The van der Waals surface area contributed by atoms with Crippen molar-refractivity contribution in [1.29, 1.82) is 0 Å². The topological polar surface area (TPSA) is 38.3 Å². The van der Waals surface area contributed by atoms with Gasteiger partial charge in [0.05, 0.1) is 12.6 Å². The molecule has 0 aromatic heterocycles. The van der Waals surface area contributed by atoms with Gasteiger partial charge in [0.15, 0.2) is 0 Å². The Morgan fingerprint density at radius 3 is 3.12 bits per heavy atom. The van der Waals surface area contributed by atoms with E-state index in [0.29, 0.717) is 11.6 Å². The maximum Gasteiger partial charge on any atom is 0.217 e. The largest absolute Gasteiger partial charge is 0.493 e. The van der Waals surface area contributed by atoms with Crippen LogP contribution in [0, 0.1) is 0 Å². The maximum atomic E-state index is 11.1. The van der Waals surface area contributed by atoms with Crippen LogP contribution in [0.25, 0.3) is 0 Å². The van der Waals surface area contributed by atoms with Gasteiger partial charge in [0.1, 0.15) is 5.75 Å². The molecule has 0 fully saturated rings. The Kier molecular flexibility index (Phi) is 3.34. The fraction of sp³-hybridized carbons (Fsp3) is 0.417. The monoisotopic (exact) mass is 239 g/mol. The molecular formula is C12H14ClNO2. The van der Waals surface area contributed by atoms with Crippen molar-refractivity contribution < 1.29 is 9.53 Å². The van der Waals surface area contributed by atoms with E-state index in [1.807, 2.05) is 12.1 Å². The van der Waals surface area contributed by atoms with Gasteiger partial charge in [-0.25, -0.2) is 0 Å². The number of benzene rings is 1. The lowest BCUT2D eigenvalue weighted by Gasteiger charge is -2.17. The van der Waals surface area contributed by atoms with Crippen LogP contribution in [0.4, 0.5) is 0 Å². The van der Waals surface area contributed by atoms with E-state index < -0.39 is 0 Å². The first kappa shape index (κ1) is 11.3. The molecule has 1 amide bonds. The molecule has 1 unspecified atom stereocenters. The highest BCUT2D eigenvalue weighted by Gasteiger charge is 2.20. The summed E-state index contributed by atoms with van der Waals surface area (Å²) >= 11 is 5.96. The van der Waals surface area contributed by atoms with Crippen LogP contribution in [0.3, 0.4) is 0 Å². The molecule has 3 nitrogen and oxygen atoms in total. The van der Waals surface area contributed by atoms with E-state index in [4.69, 9.17) is 16.3 Å². The van der Waals surface area contributed by atoms with Crippen LogP contribution < -0.4 is 10.1 Å². The minimum absolute atomic E-state index is 0.00806. The zero-order chi connectivity index (χ0) is 11.5. The Morgan fingerprint density at radius 1 is 1.56 bits per heavy atom. The number of rotatable bonds is 1. The molecule has 1 aliphatic rings. The molecule has 2 rings (SSSR count). The highest BCUT2D eigenvalue weighted by atomic mass is 35.5. The first-order chi connectivity index (χ1) is 7.66. The summed E-state index contributed by atoms with van der Waals surface area (Å²) in [5.41, 5.74) is 0.972. The standard InChI is InChI=1S/C12H14ClNO2/c1-8(15)14-11-3-2-6-16-12-5-4-9(13)7-10(11)12/h4-5,7,11H,2-3,6H2,1H3,(H,14,15). The smallest absolute Gasteiger partial charge is 0.217 e. The van der Waals surface area contributed by atoms with Crippen LogP contribution >= 0.6 is 11.6 Å². The summed E-state index contributed by atoms with van der Waals surface area (Å²) in [7, 11) is 0. The van der Waals surface area contributed by atoms with Crippen LogP contribution in [0.5, 0.6) is 5.75 Å². The van der Waals surface area contributed by atoms with Crippen molar-refractivity contribution in [2.45, 2.75) is 25.8 Å². The number of carbonyl (C=O) groups excluding carboxylic acids is 1. The van der Waals surface area contributed by atoms with E-state index in [0.717, 1.165) is 24.2 Å². The summed E-state index contributed by atoms with van der Waals surface area (Å²) in [6.07, 6.45) is 1.81. The molecular weight excluding hydrogens is 226 g/mol. The van der Waals surface area contributed by atoms with Crippen LogP contribution in [0.2, 0.25) is 5.02 Å². The average molecular weight is 240 g/mol. The van der Waals surface area contributed by atoms with Crippen molar-refractivity contribution in [3.05, 3.63) is 28.8 Å². The molecule has 0 saturated heterocycles. The molecule has 1 aliphatic heterocycles. The van der Waals surface area contributed by atoms with Crippen molar-refractivity contribution in [3.8, 4) is 5.75 Å². The van der Waals surface area contributed by atoms with Crippen LogP contribution in [-0.4, -0.2) is 12.5 Å². The molecule has 0 bridgehead atoms. The van der Waals surface area contributed by atoms with Gasteiger partial charge < -0.3 is 10.1 Å². The van der Waals surface area contributed by atoms with Crippen molar-refractivity contribution in [2.24, 2.45) is 0 Å². The zero-order valence-electron chi connectivity index (χ0n) is 9.13. The fourth-order valence-electron chi connectivity index (χ4n) is 1.94. The summed E-state index contributed by atoms with van der Waals surface area (Å²) < 4.78 is 5.61. The van der Waals surface area contributed by atoms with Crippen molar-refractivity contribution in [1.82, 2.24) is 5.32 Å². The number of nitrogens with one attached hydrogen (secondary N) is 1. The van der Waals surface area contributed by atoms with Gasteiger partial charge in [-0.1, -0.05) is 11.6 Å². The normalized spacial score (nSPS) is 19.2. The molecule has 4 heteroatoms. The molecule has 16 heavy (non-hydrogen) atoms. The van der Waals surface area contributed by atoms with E-state index in [1.165, 1.54) is 6.92 Å². The summed E-state index contributed by atoms with van der Waals surface area (Å²) in [6, 6.07) is 5.53. The van der Waals surface area contributed by atoms with Gasteiger partial charge in [-0.2, -0.15) is 0 Å². The molecule has 1 heterocycles. The Hall–Kier alpha value is -1.22. The third kappa shape index (κ3) is 2.47. The third-order valence-corrected chi connectivity index (χ3v) is 2.85. The van der Waals surface area contributed by atoms with E-state index in [2.05, 4.69) is 5.32 Å². The molecule has 1 aromatic carbocycles. The van der Waals surface area contributed by atoms with Gasteiger partial charge in [-0.15, -0.1) is 0 Å². The number of hydrogen-bond donors (Lipinski definition) is 1. The second-order valence-corrected chi connectivity index (χ2v) is 4.36. The summed E-state index contributed by atoms with van der Waals surface area (Å²) in [5, 5.41) is 3.59. The first-order valence-electron chi connectivity index (χ1n) is 5.36. The minimum Gasteiger partial charge on any atom is -0.493 e. The molecule has 1 N–H and O–H groups in total. The predicted octanol–water partition coefficient (Wildman–Crippen LogP) is 2.69. The van der Waals surface area contributed by atoms with Crippen LogP contribution in [0.15, 0.2) is 18.2 Å². The van der Waals surface area contributed by atoms with E-state index >= 15 is 0 Å². The van der Waals surface area contributed by atoms with Gasteiger partial charge in [-0.05, 0) is 31.0 Å². The highest BCUT2D eigenvalue weighted by Crippen LogP contribution is 2.33. The van der Waals surface area contributed by atoms with Gasteiger partial charge in [-0.3, -0.25) is 4.79 Å². The Labute approximate surface area is 99.7 Å². The molecule has 0 saturated carbocycles. The number of fused-ring (bicyclic) bond motifs is 1. The van der Waals surface area contributed by atoms with E-state index in [9.17, 15) is 4.79 Å². The Balaban J connectivity index is 2.34. The van der Waals surface area contributed by atoms with Crippen molar-refractivity contribution in [3.63, 3.8) is 0 Å². The fourth-order valence-corrected chi connectivity index (χ4v) is 2.12. The molecule has 0 radical (unpaired) electrons. The average Bonchev–Trinajstić information content (AvgIpc) is 2.41. The van der Waals surface area contributed by atoms with Gasteiger partial charge in [0.2, 0.25) is 5.91 Å². The van der Waals surface area contributed by atoms with E-state index in [-0.39, 0.29) is 11.9 Å². The maximum absolute atomic E-state index is 11.1. The lowest BCUT2D eigenvalue weighted by Crippen LogP contribution is -2.25. The lowest BCUT2D eigenvalue weighted by molar-refractivity contribution is -0.119. The number of halogens is 1. The minimum atomic E-state index is -0.0298. The first-order valence-corrected chi connectivity index (χ1v) is 5.74. The van der Waals surface area contributed by atoms with Crippen LogP contribution in [-0.2, 0) is 4.79 Å². The second kappa shape index (κ2) is 4.74. The summed E-state index contributed by atoms with van der Waals surface area (Å²) in [4.78, 5) is 11.1. The highest BCUT2D eigenvalue weighted by molar-refractivity contribution is 6.30. The molecule has 1 atom stereocenters. The van der Waals surface area contributed by atoms with Crippen molar-refractivity contribution >= 4 is 17.5 Å². The Morgan fingerprint density at radius 2 is 2.38 bits per heavy atom. The van der Waals surface area contributed by atoms with Crippen molar-refractivity contribution in [2.75, 3.05) is 6.61 Å². The molecule has 86 valence electrons. The number of hydrogen-bond acceptors (Lipinski definition) is 2. The van der Waals surface area contributed by atoms with Gasteiger partial charge in [0.25, 0.3) is 0 Å². The zero-order valence-corrected chi connectivity index (χ0v) is 9.88. The Bertz CT molecular complexity index is 406. The summed E-state index contributed by atoms with van der Waals surface area (Å²) in [6.45, 7) is 2.21. The molecule has 1 aromatic rings. The predicted molar refractivity (Wildman–Crippen MR) is 62.7 cm³/mol. The quantitative estimate of drug-likeness (QED) is 0.818. The number of amides is 1. The number of carbonyl (C=O) groups is 1. The lowest BCUT2D eigenvalue weighted by atomic mass is 10.0. The third-order valence-electron chi connectivity index (χ3n) is 2.62.